The number of hydrogen-bond donors (Lipinski definition) is 0. The number of hydrogen-bond acceptors (Lipinski definition) is 2. The third kappa shape index (κ3) is 6.65. The first kappa shape index (κ1) is 42.6. The molecule has 0 radical (unpaired) electrons. The van der Waals surface area contributed by atoms with Gasteiger partial charge < -0.3 is 0 Å². The van der Waals surface area contributed by atoms with Crippen molar-refractivity contribution in [1.82, 2.24) is 0 Å². The quantitative estimate of drug-likeness (QED) is 0.139. The summed E-state index contributed by atoms with van der Waals surface area (Å²) < 4.78 is 2.71. The van der Waals surface area contributed by atoms with Crippen LogP contribution in [0.3, 0.4) is 0 Å². The maximum absolute atomic E-state index is 2.58. The molecule has 2 aliphatic carbocycles. The largest absolute Gasteiger partial charge is 0.135 e. The van der Waals surface area contributed by atoms with Gasteiger partial charge in [-0.2, -0.15) is 0 Å². The lowest BCUT2D eigenvalue weighted by Crippen LogP contribution is -2.32. The Bertz CT molecular complexity index is 3830. The Morgan fingerprint density at radius 1 is 0.394 bits per heavy atom. The summed E-state index contributed by atoms with van der Waals surface area (Å²) in [7, 11) is 0. The van der Waals surface area contributed by atoms with E-state index in [9.17, 15) is 0 Å². The summed E-state index contributed by atoms with van der Waals surface area (Å²) in [5.41, 5.74) is 21.7. The average Bonchev–Trinajstić information content (AvgIpc) is 4.02. The molecule has 340 valence electrons. The SMILES string of the molecule is CC1(C)c2ccccc2-c2ccc(C(CCc3ccccc3)c3cccc4sc5ccc(C(Cc6ccc7c(c6)C6(c8ccccc8Sc8ccccc86)c6ccccc6-7)c6ccccc6)cc5c34)cc21. The van der Waals surface area contributed by atoms with Crippen molar-refractivity contribution in [2.45, 2.75) is 65.6 Å². The van der Waals surface area contributed by atoms with Gasteiger partial charge in [-0.25, -0.2) is 0 Å². The van der Waals surface area contributed by atoms with Crippen LogP contribution in [0.4, 0.5) is 0 Å². The molecule has 2 unspecified atom stereocenters. The van der Waals surface area contributed by atoms with E-state index in [1.807, 2.05) is 23.1 Å². The second-order valence-electron chi connectivity index (χ2n) is 20.6. The fourth-order valence-corrected chi connectivity index (χ4v) is 15.5. The highest BCUT2D eigenvalue weighted by molar-refractivity contribution is 7.99. The van der Waals surface area contributed by atoms with Crippen LogP contribution in [0.2, 0.25) is 0 Å². The molecule has 0 saturated heterocycles. The number of rotatable bonds is 9. The zero-order chi connectivity index (χ0) is 47.3. The normalized spacial score (nSPS) is 15.1. The van der Waals surface area contributed by atoms with Gasteiger partial charge in [-0.1, -0.05) is 226 Å². The minimum atomic E-state index is -0.400. The van der Waals surface area contributed by atoms with Crippen molar-refractivity contribution in [2.24, 2.45) is 0 Å². The van der Waals surface area contributed by atoms with Crippen molar-refractivity contribution < 1.29 is 0 Å². The summed E-state index contributed by atoms with van der Waals surface area (Å²) in [6.07, 6.45) is 2.92. The highest BCUT2D eigenvalue weighted by Gasteiger charge is 2.50. The third-order valence-electron chi connectivity index (χ3n) is 16.5. The minimum absolute atomic E-state index is 0.0673. The summed E-state index contributed by atoms with van der Waals surface area (Å²) in [5.74, 6) is 0.364. The van der Waals surface area contributed by atoms with E-state index in [2.05, 4.69) is 244 Å². The lowest BCUT2D eigenvalue weighted by Gasteiger charge is -2.39. The van der Waals surface area contributed by atoms with Crippen molar-refractivity contribution >= 4 is 43.3 Å². The van der Waals surface area contributed by atoms with E-state index in [-0.39, 0.29) is 17.3 Å². The molecular weight excluding hydrogens is 893 g/mol. The van der Waals surface area contributed by atoms with Crippen LogP contribution >= 0.6 is 23.1 Å². The van der Waals surface area contributed by atoms with Crippen molar-refractivity contribution in [1.29, 1.82) is 0 Å². The molecule has 10 aromatic carbocycles. The zero-order valence-corrected chi connectivity index (χ0v) is 41.7. The van der Waals surface area contributed by atoms with Crippen molar-refractivity contribution in [3.63, 3.8) is 0 Å². The number of benzene rings is 10. The highest BCUT2D eigenvalue weighted by Crippen LogP contribution is 2.62. The fraction of sp³-hybridized carbons (Fsp3) is 0.130. The smallest absolute Gasteiger partial charge is 0.0735 e. The van der Waals surface area contributed by atoms with Gasteiger partial charge in [-0.05, 0) is 139 Å². The summed E-state index contributed by atoms with van der Waals surface area (Å²) in [5, 5.41) is 2.78. The topological polar surface area (TPSA) is 0 Å². The molecule has 0 fully saturated rings. The van der Waals surface area contributed by atoms with Crippen LogP contribution in [-0.4, -0.2) is 0 Å². The molecule has 0 bridgehead atoms. The van der Waals surface area contributed by atoms with Crippen LogP contribution < -0.4 is 0 Å². The van der Waals surface area contributed by atoms with Crippen LogP contribution in [0.5, 0.6) is 0 Å². The Hall–Kier alpha value is -7.23. The Balaban J connectivity index is 0.910. The molecule has 3 aliphatic rings. The van der Waals surface area contributed by atoms with Crippen LogP contribution in [0, 0.1) is 0 Å². The predicted octanol–water partition coefficient (Wildman–Crippen LogP) is 18.3. The first-order chi connectivity index (χ1) is 34.9. The molecule has 1 spiro atoms. The lowest BCUT2D eigenvalue weighted by atomic mass is 9.67. The second-order valence-corrected chi connectivity index (χ2v) is 22.7. The summed E-state index contributed by atoms with van der Waals surface area (Å²) >= 11 is 3.85. The van der Waals surface area contributed by atoms with Gasteiger partial charge in [-0.15, -0.1) is 11.3 Å². The van der Waals surface area contributed by atoms with Crippen LogP contribution in [0.15, 0.2) is 240 Å². The van der Waals surface area contributed by atoms with Crippen LogP contribution in [0.1, 0.15) is 98.9 Å². The average molecular weight is 945 g/mol. The molecular formula is C69H52S2. The Morgan fingerprint density at radius 2 is 0.986 bits per heavy atom. The van der Waals surface area contributed by atoms with Gasteiger partial charge in [-0.3, -0.25) is 0 Å². The monoisotopic (exact) mass is 944 g/mol. The highest BCUT2D eigenvalue weighted by atomic mass is 32.2. The molecule has 2 atom stereocenters. The molecule has 0 amide bonds. The first-order valence-electron chi connectivity index (χ1n) is 25.3. The van der Waals surface area contributed by atoms with Crippen molar-refractivity contribution in [3.05, 3.63) is 297 Å². The van der Waals surface area contributed by atoms with Crippen molar-refractivity contribution in [3.8, 4) is 22.3 Å². The maximum Gasteiger partial charge on any atom is 0.0735 e. The molecule has 0 N–H and O–H groups in total. The third-order valence-corrected chi connectivity index (χ3v) is 18.7. The van der Waals surface area contributed by atoms with Gasteiger partial charge in [0.1, 0.15) is 0 Å². The standard InChI is InChI=1S/C69H52S2/c1-68(2)57-25-11-9-22-50(57)52-38-34-48(43-61(52)68)49(36-32-44-18-5-3-6-19-44)54-24-17-31-66-67(54)56-42-47(35-39-63(56)70-66)55(46-20-7-4-8-21-46)40-45-33-37-53-51-23-10-12-26-58(51)69(62(53)41-45)59-27-13-15-29-64(59)71-65-30-16-14-28-60(65)69/h3-31,33-35,37-39,41-43,49,55H,32,36,40H2,1-2H3. The van der Waals surface area contributed by atoms with E-state index >= 15 is 0 Å². The summed E-state index contributed by atoms with van der Waals surface area (Å²) in [6, 6.07) is 88.2. The molecule has 0 nitrogen and oxygen atoms in total. The maximum atomic E-state index is 2.58. The van der Waals surface area contributed by atoms with E-state index in [1.165, 1.54) is 119 Å². The molecule has 71 heavy (non-hydrogen) atoms. The van der Waals surface area contributed by atoms with Crippen LogP contribution in [-0.2, 0) is 23.7 Å². The van der Waals surface area contributed by atoms with E-state index in [0.29, 0.717) is 0 Å². The van der Waals surface area contributed by atoms with Gasteiger partial charge in [0.2, 0.25) is 0 Å². The van der Waals surface area contributed by atoms with Gasteiger partial charge in [0.05, 0.1) is 5.41 Å². The second kappa shape index (κ2) is 16.7. The number of aryl methyl sites for hydroxylation is 1. The molecule has 1 aromatic heterocycles. The number of fused-ring (bicyclic) bond motifs is 15. The number of thiophene rings is 1. The predicted molar refractivity (Wildman–Crippen MR) is 300 cm³/mol. The fourth-order valence-electron chi connectivity index (χ4n) is 13.2. The van der Waals surface area contributed by atoms with E-state index < -0.39 is 5.41 Å². The van der Waals surface area contributed by atoms with Crippen molar-refractivity contribution in [2.75, 3.05) is 0 Å². The minimum Gasteiger partial charge on any atom is -0.135 e. The zero-order valence-electron chi connectivity index (χ0n) is 40.0. The lowest BCUT2D eigenvalue weighted by molar-refractivity contribution is 0.655. The Morgan fingerprint density at radius 3 is 1.75 bits per heavy atom. The Labute approximate surface area is 425 Å². The molecule has 2 heterocycles. The van der Waals surface area contributed by atoms with E-state index in [0.717, 1.165) is 19.3 Å². The summed E-state index contributed by atoms with van der Waals surface area (Å²) in [6.45, 7) is 4.82. The van der Waals surface area contributed by atoms with E-state index in [4.69, 9.17) is 0 Å². The molecule has 0 saturated carbocycles. The Kier molecular flexibility index (Phi) is 10.0. The first-order valence-corrected chi connectivity index (χ1v) is 27.0. The van der Waals surface area contributed by atoms with Crippen LogP contribution in [0.25, 0.3) is 42.4 Å². The molecule has 1 aliphatic heterocycles. The summed E-state index contributed by atoms with van der Waals surface area (Å²) in [4.78, 5) is 2.68. The molecule has 2 heteroatoms. The van der Waals surface area contributed by atoms with Gasteiger partial charge in [0.25, 0.3) is 0 Å². The molecule has 11 aromatic rings. The van der Waals surface area contributed by atoms with Gasteiger partial charge >= 0.3 is 0 Å². The van der Waals surface area contributed by atoms with E-state index in [1.54, 1.807) is 0 Å². The molecule has 14 rings (SSSR count). The van der Waals surface area contributed by atoms with Gasteiger partial charge in [0, 0.05) is 47.2 Å². The van der Waals surface area contributed by atoms with Gasteiger partial charge in [0.15, 0.2) is 0 Å².